The van der Waals surface area contributed by atoms with Crippen molar-refractivity contribution < 1.29 is 18.5 Å². The van der Waals surface area contributed by atoms with Crippen LogP contribution in [0.5, 0.6) is 0 Å². The Bertz CT molecular complexity index is 527. The molecule has 0 aliphatic rings. The van der Waals surface area contributed by atoms with Crippen molar-refractivity contribution >= 4 is 11.6 Å². The first-order valence-electron chi connectivity index (χ1n) is 5.32. The van der Waals surface area contributed by atoms with Crippen LogP contribution < -0.4 is 11.1 Å². The second kappa shape index (κ2) is 5.27. The van der Waals surface area contributed by atoms with E-state index in [4.69, 9.17) is 5.73 Å². The van der Waals surface area contributed by atoms with Gasteiger partial charge in [-0.1, -0.05) is 0 Å². The number of nitrogens with two attached hydrogens (primary N) is 1. The molecule has 1 aromatic rings. The van der Waals surface area contributed by atoms with Gasteiger partial charge in [0.15, 0.2) is 0 Å². The van der Waals surface area contributed by atoms with Gasteiger partial charge in [0.2, 0.25) is 5.82 Å². The molecule has 0 aromatic heterocycles. The predicted molar refractivity (Wildman–Crippen MR) is 63.6 cm³/mol. The largest absolute Gasteiger partial charge is 0.350 e. The molecule has 1 aromatic carbocycles. The van der Waals surface area contributed by atoms with Crippen molar-refractivity contribution in [2.75, 3.05) is 6.54 Å². The van der Waals surface area contributed by atoms with Gasteiger partial charge in [0, 0.05) is 12.1 Å². The van der Waals surface area contributed by atoms with E-state index < -0.39 is 39.3 Å². The number of carbonyl (C=O) groups is 1. The molecule has 0 heterocycles. The molecule has 3 N–H and O–H groups in total. The highest BCUT2D eigenvalue weighted by atomic mass is 19.1. The van der Waals surface area contributed by atoms with Crippen LogP contribution in [-0.2, 0) is 0 Å². The summed E-state index contributed by atoms with van der Waals surface area (Å²) in [5, 5.41) is 12.8. The number of amides is 1. The van der Waals surface area contributed by atoms with Crippen LogP contribution in [0.15, 0.2) is 12.1 Å². The Morgan fingerprint density at radius 1 is 1.47 bits per heavy atom. The Kier molecular flexibility index (Phi) is 4.15. The average molecular weight is 273 g/mol. The summed E-state index contributed by atoms with van der Waals surface area (Å²) in [4.78, 5) is 21.1. The Balaban J connectivity index is 3.07. The van der Waals surface area contributed by atoms with Crippen LogP contribution in [0.4, 0.5) is 14.5 Å². The Hall–Kier alpha value is -2.09. The first-order valence-corrected chi connectivity index (χ1v) is 5.32. The summed E-state index contributed by atoms with van der Waals surface area (Å²) in [5.74, 6) is -3.40. The Morgan fingerprint density at radius 3 is 2.53 bits per heavy atom. The maximum Gasteiger partial charge on any atom is 0.308 e. The molecule has 1 amide bonds. The summed E-state index contributed by atoms with van der Waals surface area (Å²) in [7, 11) is 0. The lowest BCUT2D eigenvalue weighted by atomic mass is 10.1. The van der Waals surface area contributed by atoms with Crippen LogP contribution in [0.3, 0.4) is 0 Å². The topological polar surface area (TPSA) is 98.3 Å². The van der Waals surface area contributed by atoms with E-state index in [1.807, 2.05) is 0 Å². The molecular formula is C11H13F2N3O3. The summed E-state index contributed by atoms with van der Waals surface area (Å²) >= 11 is 0. The molecule has 0 fully saturated rings. The number of hydrogen-bond donors (Lipinski definition) is 2. The molecule has 0 saturated carbocycles. The second-order valence-electron chi connectivity index (χ2n) is 4.71. The first kappa shape index (κ1) is 15.0. The highest BCUT2D eigenvalue weighted by Gasteiger charge is 2.24. The zero-order valence-electron chi connectivity index (χ0n) is 10.4. The molecule has 0 radical (unpaired) electrons. The number of carbonyl (C=O) groups excluding carboxylic acids is 1. The summed E-state index contributed by atoms with van der Waals surface area (Å²) in [5.41, 5.74) is 3.06. The SMILES string of the molecule is CC(C)(N)CNC(=O)c1cc(F)cc([N+](=O)[O-])c1F. The smallest absolute Gasteiger partial charge is 0.308 e. The van der Waals surface area contributed by atoms with Crippen molar-refractivity contribution in [1.82, 2.24) is 5.32 Å². The first-order chi connectivity index (χ1) is 8.61. The van der Waals surface area contributed by atoms with Gasteiger partial charge in [0.1, 0.15) is 5.82 Å². The van der Waals surface area contributed by atoms with Crippen molar-refractivity contribution in [2.45, 2.75) is 19.4 Å². The van der Waals surface area contributed by atoms with Gasteiger partial charge in [-0.2, -0.15) is 4.39 Å². The number of nitrogens with one attached hydrogen (secondary N) is 1. The monoisotopic (exact) mass is 273 g/mol. The Morgan fingerprint density at radius 2 is 2.05 bits per heavy atom. The molecule has 1 rings (SSSR count). The molecule has 0 unspecified atom stereocenters. The summed E-state index contributed by atoms with van der Waals surface area (Å²) in [6.45, 7) is 3.25. The zero-order valence-corrected chi connectivity index (χ0v) is 10.4. The van der Waals surface area contributed by atoms with E-state index in [2.05, 4.69) is 5.32 Å². The molecule has 8 heteroatoms. The third-order valence-electron chi connectivity index (χ3n) is 2.16. The predicted octanol–water partition coefficient (Wildman–Crippen LogP) is 1.34. The standard InChI is InChI=1S/C11H13F2N3O3/c1-11(2,14)5-15-10(17)7-3-6(12)4-8(9(7)13)16(18)19/h3-4H,5,14H2,1-2H3,(H,15,17). The zero-order chi connectivity index (χ0) is 14.8. The second-order valence-corrected chi connectivity index (χ2v) is 4.71. The van der Waals surface area contributed by atoms with E-state index in [0.717, 1.165) is 0 Å². The van der Waals surface area contributed by atoms with Crippen LogP contribution in [0.25, 0.3) is 0 Å². The van der Waals surface area contributed by atoms with E-state index >= 15 is 0 Å². The van der Waals surface area contributed by atoms with E-state index in [-0.39, 0.29) is 6.54 Å². The fourth-order valence-electron chi connectivity index (χ4n) is 1.28. The van der Waals surface area contributed by atoms with Crippen LogP contribution in [0.1, 0.15) is 24.2 Å². The summed E-state index contributed by atoms with van der Waals surface area (Å²) in [6, 6.07) is 1.01. The minimum Gasteiger partial charge on any atom is -0.350 e. The molecule has 0 aliphatic heterocycles. The number of halogens is 2. The van der Waals surface area contributed by atoms with E-state index in [9.17, 15) is 23.7 Å². The molecular weight excluding hydrogens is 260 g/mol. The fraction of sp³-hybridized carbons (Fsp3) is 0.364. The quantitative estimate of drug-likeness (QED) is 0.638. The van der Waals surface area contributed by atoms with Gasteiger partial charge in [-0.05, 0) is 19.9 Å². The molecule has 0 atom stereocenters. The lowest BCUT2D eigenvalue weighted by Crippen LogP contribution is -2.45. The number of rotatable bonds is 4. The number of nitro benzene ring substituents is 1. The maximum atomic E-state index is 13.7. The molecule has 6 nitrogen and oxygen atoms in total. The molecule has 19 heavy (non-hydrogen) atoms. The van der Waals surface area contributed by atoms with Gasteiger partial charge in [-0.15, -0.1) is 0 Å². The van der Waals surface area contributed by atoms with Crippen molar-refractivity contribution in [3.05, 3.63) is 39.4 Å². The minimum absolute atomic E-state index is 0.00951. The van der Waals surface area contributed by atoms with Gasteiger partial charge in [-0.3, -0.25) is 14.9 Å². The molecule has 104 valence electrons. The van der Waals surface area contributed by atoms with E-state index in [0.29, 0.717) is 12.1 Å². The van der Waals surface area contributed by atoms with Gasteiger partial charge in [0.05, 0.1) is 16.6 Å². The molecule has 0 saturated heterocycles. The number of nitrogens with zero attached hydrogens (tertiary/aromatic N) is 1. The van der Waals surface area contributed by atoms with Crippen molar-refractivity contribution in [3.8, 4) is 0 Å². The number of benzene rings is 1. The van der Waals surface area contributed by atoms with Gasteiger partial charge >= 0.3 is 5.69 Å². The van der Waals surface area contributed by atoms with Gasteiger partial charge < -0.3 is 11.1 Å². The normalized spacial score (nSPS) is 11.2. The molecule has 0 aliphatic carbocycles. The van der Waals surface area contributed by atoms with Crippen molar-refractivity contribution in [3.63, 3.8) is 0 Å². The van der Waals surface area contributed by atoms with Gasteiger partial charge in [0.25, 0.3) is 5.91 Å². The third-order valence-corrected chi connectivity index (χ3v) is 2.16. The van der Waals surface area contributed by atoms with Gasteiger partial charge in [-0.25, -0.2) is 4.39 Å². The van der Waals surface area contributed by atoms with E-state index in [1.54, 1.807) is 13.8 Å². The summed E-state index contributed by atoms with van der Waals surface area (Å²) in [6.07, 6.45) is 0. The lowest BCUT2D eigenvalue weighted by molar-refractivity contribution is -0.387. The van der Waals surface area contributed by atoms with Crippen molar-refractivity contribution in [1.29, 1.82) is 0 Å². The Labute approximate surface area is 107 Å². The minimum atomic E-state index is -1.38. The number of hydrogen-bond acceptors (Lipinski definition) is 4. The number of nitro groups is 1. The van der Waals surface area contributed by atoms with Crippen molar-refractivity contribution in [2.24, 2.45) is 5.73 Å². The highest BCUT2D eigenvalue weighted by molar-refractivity contribution is 5.95. The molecule has 0 spiro atoms. The van der Waals surface area contributed by atoms with Crippen LogP contribution in [0, 0.1) is 21.7 Å². The fourth-order valence-corrected chi connectivity index (χ4v) is 1.28. The molecule has 0 bridgehead atoms. The van der Waals surface area contributed by atoms with Crippen LogP contribution >= 0.6 is 0 Å². The van der Waals surface area contributed by atoms with E-state index in [1.165, 1.54) is 0 Å². The summed E-state index contributed by atoms with van der Waals surface area (Å²) < 4.78 is 26.8. The maximum absolute atomic E-state index is 13.7. The highest BCUT2D eigenvalue weighted by Crippen LogP contribution is 2.22. The van der Waals surface area contributed by atoms with Crippen LogP contribution in [-0.4, -0.2) is 22.9 Å². The average Bonchev–Trinajstić information content (AvgIpc) is 2.27. The van der Waals surface area contributed by atoms with Crippen LogP contribution in [0.2, 0.25) is 0 Å². The lowest BCUT2D eigenvalue weighted by Gasteiger charge is -2.18. The third kappa shape index (κ3) is 3.95.